The summed E-state index contributed by atoms with van der Waals surface area (Å²) in [6.45, 7) is 1.85. The maximum absolute atomic E-state index is 12.0. The van der Waals surface area contributed by atoms with Crippen molar-refractivity contribution in [2.24, 2.45) is 0 Å². The molecule has 0 aliphatic heterocycles. The van der Waals surface area contributed by atoms with Crippen molar-refractivity contribution in [2.45, 2.75) is 6.92 Å². The summed E-state index contributed by atoms with van der Waals surface area (Å²) in [6, 6.07) is 8.60. The molecule has 0 fully saturated rings. The smallest absolute Gasteiger partial charge is 0.328 e. The quantitative estimate of drug-likeness (QED) is 0.834. The number of hydrogen-bond acceptors (Lipinski definition) is 3. The summed E-state index contributed by atoms with van der Waals surface area (Å²) in [7, 11) is 0. The van der Waals surface area contributed by atoms with Gasteiger partial charge < -0.3 is 10.4 Å². The van der Waals surface area contributed by atoms with Crippen LogP contribution in [0.15, 0.2) is 36.4 Å². The highest BCUT2D eigenvalue weighted by atomic mass is 35.5. The first-order valence-electron chi connectivity index (χ1n) is 6.04. The number of halogens is 1. The van der Waals surface area contributed by atoms with Crippen molar-refractivity contribution in [3.8, 4) is 0 Å². The summed E-state index contributed by atoms with van der Waals surface area (Å²) >= 11 is 7.01. The van der Waals surface area contributed by atoms with Crippen molar-refractivity contribution in [2.75, 3.05) is 5.32 Å². The van der Waals surface area contributed by atoms with Crippen LogP contribution in [0.3, 0.4) is 0 Å². The van der Waals surface area contributed by atoms with E-state index in [-0.39, 0.29) is 5.91 Å². The second-order valence-electron chi connectivity index (χ2n) is 4.30. The fourth-order valence-electron chi connectivity index (χ4n) is 1.73. The van der Waals surface area contributed by atoms with Crippen LogP contribution in [0.1, 0.15) is 20.8 Å². The third-order valence-electron chi connectivity index (χ3n) is 2.73. The number of carboxylic acids is 1. The Labute approximate surface area is 130 Å². The molecule has 1 aromatic heterocycles. The Hall–Kier alpha value is -2.11. The molecule has 0 atom stereocenters. The van der Waals surface area contributed by atoms with E-state index in [2.05, 4.69) is 5.32 Å². The Balaban J connectivity index is 2.13. The summed E-state index contributed by atoms with van der Waals surface area (Å²) in [4.78, 5) is 23.0. The van der Waals surface area contributed by atoms with Gasteiger partial charge in [-0.15, -0.1) is 11.3 Å². The number of aliphatic carboxylic acids is 1. The fourth-order valence-corrected chi connectivity index (χ4v) is 2.67. The SMILES string of the molecule is Cc1cc(NC(=O)c2ccc(Cl)s2)ccc1C=CC(=O)O. The van der Waals surface area contributed by atoms with Crippen LogP contribution in [0.5, 0.6) is 0 Å². The highest BCUT2D eigenvalue weighted by molar-refractivity contribution is 7.18. The van der Waals surface area contributed by atoms with Gasteiger partial charge in [0.25, 0.3) is 5.91 Å². The molecular weight excluding hydrogens is 310 g/mol. The minimum Gasteiger partial charge on any atom is -0.478 e. The number of nitrogens with one attached hydrogen (secondary N) is 1. The maximum Gasteiger partial charge on any atom is 0.328 e. The molecule has 6 heteroatoms. The Morgan fingerprint density at radius 2 is 2.05 bits per heavy atom. The number of benzene rings is 1. The Morgan fingerprint density at radius 1 is 1.29 bits per heavy atom. The zero-order valence-corrected chi connectivity index (χ0v) is 12.7. The second-order valence-corrected chi connectivity index (χ2v) is 6.02. The van der Waals surface area contributed by atoms with Crippen LogP contribution in [-0.2, 0) is 4.79 Å². The molecule has 0 unspecified atom stereocenters. The molecule has 21 heavy (non-hydrogen) atoms. The molecule has 1 heterocycles. The van der Waals surface area contributed by atoms with Crippen LogP contribution >= 0.6 is 22.9 Å². The van der Waals surface area contributed by atoms with Crippen molar-refractivity contribution in [3.05, 3.63) is 56.7 Å². The highest BCUT2D eigenvalue weighted by Gasteiger charge is 2.09. The molecule has 0 bridgehead atoms. The highest BCUT2D eigenvalue weighted by Crippen LogP contribution is 2.23. The van der Waals surface area contributed by atoms with Gasteiger partial charge in [-0.05, 0) is 48.4 Å². The van der Waals surface area contributed by atoms with E-state index in [0.29, 0.717) is 14.9 Å². The number of amides is 1. The van der Waals surface area contributed by atoms with E-state index in [1.54, 1.807) is 30.3 Å². The monoisotopic (exact) mass is 321 g/mol. The van der Waals surface area contributed by atoms with Crippen LogP contribution in [0.2, 0.25) is 4.34 Å². The molecule has 0 radical (unpaired) electrons. The third kappa shape index (κ3) is 4.18. The van der Waals surface area contributed by atoms with Crippen LogP contribution < -0.4 is 5.32 Å². The van der Waals surface area contributed by atoms with Crippen molar-refractivity contribution >= 4 is 46.6 Å². The van der Waals surface area contributed by atoms with E-state index in [4.69, 9.17) is 16.7 Å². The lowest BCUT2D eigenvalue weighted by Gasteiger charge is -2.07. The summed E-state index contributed by atoms with van der Waals surface area (Å²) in [5, 5.41) is 11.4. The predicted octanol–water partition coefficient (Wildman–Crippen LogP) is 4.06. The van der Waals surface area contributed by atoms with Crippen molar-refractivity contribution in [1.82, 2.24) is 0 Å². The lowest BCUT2D eigenvalue weighted by molar-refractivity contribution is -0.131. The number of carbonyl (C=O) groups excluding carboxylic acids is 1. The van der Waals surface area contributed by atoms with E-state index in [0.717, 1.165) is 17.2 Å². The van der Waals surface area contributed by atoms with Crippen LogP contribution in [0.25, 0.3) is 6.08 Å². The molecule has 0 aliphatic carbocycles. The summed E-state index contributed by atoms with van der Waals surface area (Å²) < 4.78 is 0.561. The Bertz CT molecular complexity index is 721. The normalized spacial score (nSPS) is 10.8. The average Bonchev–Trinajstić information content (AvgIpc) is 2.84. The van der Waals surface area contributed by atoms with Gasteiger partial charge in [0.15, 0.2) is 0 Å². The van der Waals surface area contributed by atoms with Gasteiger partial charge in [-0.1, -0.05) is 17.7 Å². The Kier molecular flexibility index (Phi) is 4.77. The molecule has 2 aromatic rings. The minimum atomic E-state index is -0.999. The van der Waals surface area contributed by atoms with E-state index in [1.165, 1.54) is 17.4 Å². The third-order valence-corrected chi connectivity index (χ3v) is 3.96. The van der Waals surface area contributed by atoms with Crippen molar-refractivity contribution in [3.63, 3.8) is 0 Å². The number of thiophene rings is 1. The summed E-state index contributed by atoms with van der Waals surface area (Å²) in [6.07, 6.45) is 2.59. The molecule has 0 saturated carbocycles. The van der Waals surface area contributed by atoms with Gasteiger partial charge in [0.2, 0.25) is 0 Å². The molecule has 0 spiro atoms. The largest absolute Gasteiger partial charge is 0.478 e. The van der Waals surface area contributed by atoms with Crippen molar-refractivity contribution < 1.29 is 14.7 Å². The van der Waals surface area contributed by atoms with Gasteiger partial charge in [0.1, 0.15) is 0 Å². The first kappa shape index (κ1) is 15.3. The van der Waals surface area contributed by atoms with Gasteiger partial charge >= 0.3 is 5.97 Å². The summed E-state index contributed by atoms with van der Waals surface area (Å²) in [5.41, 5.74) is 2.30. The van der Waals surface area contributed by atoms with Crippen molar-refractivity contribution in [1.29, 1.82) is 0 Å². The summed E-state index contributed by atoms with van der Waals surface area (Å²) in [5.74, 6) is -1.22. The topological polar surface area (TPSA) is 66.4 Å². The van der Waals surface area contributed by atoms with Gasteiger partial charge in [-0.3, -0.25) is 4.79 Å². The van der Waals surface area contributed by atoms with Gasteiger partial charge in [-0.25, -0.2) is 4.79 Å². The van der Waals surface area contributed by atoms with E-state index >= 15 is 0 Å². The predicted molar refractivity (Wildman–Crippen MR) is 85.1 cm³/mol. The number of anilines is 1. The molecule has 0 aliphatic rings. The second kappa shape index (κ2) is 6.56. The van der Waals surface area contributed by atoms with Gasteiger partial charge in [0, 0.05) is 11.8 Å². The zero-order chi connectivity index (χ0) is 15.4. The van der Waals surface area contributed by atoms with E-state index in [1.807, 2.05) is 6.92 Å². The first-order chi connectivity index (χ1) is 9.95. The Morgan fingerprint density at radius 3 is 2.62 bits per heavy atom. The standard InChI is InChI=1S/C15H12ClNO3S/c1-9-8-11(4-2-10(9)3-7-14(18)19)17-15(20)12-5-6-13(16)21-12/h2-8H,1H3,(H,17,20)(H,18,19). The number of aryl methyl sites for hydroxylation is 1. The van der Waals surface area contributed by atoms with E-state index in [9.17, 15) is 9.59 Å². The molecule has 2 N–H and O–H groups in total. The molecule has 1 amide bonds. The molecule has 108 valence electrons. The van der Waals surface area contributed by atoms with Crippen LogP contribution in [0, 0.1) is 6.92 Å². The first-order valence-corrected chi connectivity index (χ1v) is 7.23. The molecule has 0 saturated heterocycles. The fraction of sp³-hybridized carbons (Fsp3) is 0.0667. The number of hydrogen-bond donors (Lipinski definition) is 2. The van der Waals surface area contributed by atoms with Crippen LogP contribution in [0.4, 0.5) is 5.69 Å². The lowest BCUT2D eigenvalue weighted by Crippen LogP contribution is -2.10. The molecule has 4 nitrogen and oxygen atoms in total. The van der Waals surface area contributed by atoms with Crippen LogP contribution in [-0.4, -0.2) is 17.0 Å². The number of carbonyl (C=O) groups is 2. The molecule has 2 rings (SSSR count). The average molecular weight is 322 g/mol. The van der Waals surface area contributed by atoms with E-state index < -0.39 is 5.97 Å². The molecule has 1 aromatic carbocycles. The zero-order valence-electron chi connectivity index (χ0n) is 11.1. The van der Waals surface area contributed by atoms with Gasteiger partial charge in [0.05, 0.1) is 9.21 Å². The number of carboxylic acid groups (broad SMARTS) is 1. The van der Waals surface area contributed by atoms with Gasteiger partial charge in [-0.2, -0.15) is 0 Å². The maximum atomic E-state index is 12.0. The minimum absolute atomic E-state index is 0.222. The number of rotatable bonds is 4. The molecular formula is C15H12ClNO3S. The lowest BCUT2D eigenvalue weighted by atomic mass is 10.1.